The molecule has 2 aromatic rings. The van der Waals surface area contributed by atoms with Gasteiger partial charge in [0.1, 0.15) is 0 Å². The Morgan fingerprint density at radius 1 is 1.00 bits per heavy atom. The van der Waals surface area contributed by atoms with Crippen LogP contribution >= 0.6 is 0 Å². The van der Waals surface area contributed by atoms with Crippen molar-refractivity contribution in [2.24, 2.45) is 0 Å². The zero-order valence-corrected chi connectivity index (χ0v) is 10.7. The molecule has 0 aliphatic carbocycles. The molecule has 1 N–H and O–H groups in total. The molecule has 0 unspecified atom stereocenters. The normalized spacial score (nSPS) is 11.9. The van der Waals surface area contributed by atoms with Crippen LogP contribution in [0.2, 0.25) is 0 Å². The minimum Gasteiger partial charge on any atom is -0.296 e. The van der Waals surface area contributed by atoms with E-state index in [0.717, 1.165) is 6.54 Å². The van der Waals surface area contributed by atoms with Gasteiger partial charge in [0.25, 0.3) is 0 Å². The third-order valence-electron chi connectivity index (χ3n) is 2.52. The molecule has 0 aliphatic rings. The molecule has 2 heteroatoms. The Balaban J connectivity index is 2.13. The van der Waals surface area contributed by atoms with E-state index in [-0.39, 0.29) is 5.60 Å². The molecule has 0 saturated carbocycles. The molecular formula is C15H19NO. The van der Waals surface area contributed by atoms with Crippen LogP contribution in [0.4, 0.5) is 0 Å². The fraction of sp³-hybridized carbons (Fsp3) is 0.333. The number of benzene rings is 2. The van der Waals surface area contributed by atoms with E-state index >= 15 is 0 Å². The lowest BCUT2D eigenvalue weighted by molar-refractivity contribution is -0.0756. The lowest BCUT2D eigenvalue weighted by Crippen LogP contribution is -2.28. The number of rotatable bonds is 3. The Kier molecular flexibility index (Phi) is 3.46. The molecule has 0 aromatic heterocycles. The van der Waals surface area contributed by atoms with E-state index in [1.54, 1.807) is 0 Å². The predicted octanol–water partition coefficient (Wildman–Crippen LogP) is 3.66. The van der Waals surface area contributed by atoms with Gasteiger partial charge in [0.05, 0.1) is 5.60 Å². The summed E-state index contributed by atoms with van der Waals surface area (Å²) in [5.41, 5.74) is 4.13. The summed E-state index contributed by atoms with van der Waals surface area (Å²) in [6.07, 6.45) is 0. The van der Waals surface area contributed by atoms with Crippen LogP contribution < -0.4 is 5.48 Å². The Labute approximate surface area is 103 Å². The quantitative estimate of drug-likeness (QED) is 0.811. The highest BCUT2D eigenvalue weighted by Gasteiger charge is 2.10. The van der Waals surface area contributed by atoms with Crippen LogP contribution in [0.15, 0.2) is 42.5 Å². The topological polar surface area (TPSA) is 21.3 Å². The maximum absolute atomic E-state index is 5.53. The summed E-state index contributed by atoms with van der Waals surface area (Å²) in [6, 6.07) is 14.7. The van der Waals surface area contributed by atoms with Gasteiger partial charge in [-0.15, -0.1) is 0 Å². The molecule has 17 heavy (non-hydrogen) atoms. The molecule has 0 atom stereocenters. The van der Waals surface area contributed by atoms with Crippen molar-refractivity contribution in [3.05, 3.63) is 48.0 Å². The van der Waals surface area contributed by atoms with E-state index in [9.17, 15) is 0 Å². The first-order chi connectivity index (χ1) is 8.06. The second kappa shape index (κ2) is 4.86. The van der Waals surface area contributed by atoms with Crippen LogP contribution in [-0.4, -0.2) is 5.60 Å². The van der Waals surface area contributed by atoms with E-state index in [1.807, 2.05) is 20.8 Å². The maximum atomic E-state index is 5.53. The molecule has 0 fully saturated rings. The van der Waals surface area contributed by atoms with Crippen LogP contribution in [0.3, 0.4) is 0 Å². The Bertz CT molecular complexity index is 494. The first-order valence-corrected chi connectivity index (χ1v) is 5.94. The van der Waals surface area contributed by atoms with Gasteiger partial charge in [0, 0.05) is 6.54 Å². The molecule has 0 heterocycles. The summed E-state index contributed by atoms with van der Waals surface area (Å²) in [6.45, 7) is 6.81. The second-order valence-electron chi connectivity index (χ2n) is 5.17. The smallest absolute Gasteiger partial charge is 0.0813 e. The van der Waals surface area contributed by atoms with Gasteiger partial charge in [0.2, 0.25) is 0 Å². The average molecular weight is 229 g/mol. The SMILES string of the molecule is CC(C)(C)ONCc1cccc2ccccc12. The van der Waals surface area contributed by atoms with Crippen LogP contribution in [0, 0.1) is 0 Å². The minimum absolute atomic E-state index is 0.162. The molecule has 2 aromatic carbocycles. The summed E-state index contributed by atoms with van der Waals surface area (Å²) in [4.78, 5) is 5.53. The average Bonchev–Trinajstić information content (AvgIpc) is 2.28. The van der Waals surface area contributed by atoms with Gasteiger partial charge in [-0.05, 0) is 37.1 Å². The zero-order valence-electron chi connectivity index (χ0n) is 10.7. The van der Waals surface area contributed by atoms with Crippen LogP contribution in [0.1, 0.15) is 26.3 Å². The lowest BCUT2D eigenvalue weighted by Gasteiger charge is -2.19. The molecule has 2 rings (SSSR count). The zero-order chi connectivity index (χ0) is 12.3. The highest BCUT2D eigenvalue weighted by atomic mass is 16.7. The molecule has 0 aliphatic heterocycles. The monoisotopic (exact) mass is 229 g/mol. The second-order valence-corrected chi connectivity index (χ2v) is 5.17. The summed E-state index contributed by atoms with van der Waals surface area (Å²) >= 11 is 0. The molecule has 0 amide bonds. The highest BCUT2D eigenvalue weighted by Crippen LogP contribution is 2.18. The predicted molar refractivity (Wildman–Crippen MR) is 71.6 cm³/mol. The van der Waals surface area contributed by atoms with E-state index in [2.05, 4.69) is 47.9 Å². The van der Waals surface area contributed by atoms with Crippen LogP contribution in [0.5, 0.6) is 0 Å². The van der Waals surface area contributed by atoms with E-state index in [4.69, 9.17) is 4.84 Å². The molecule has 0 saturated heterocycles. The van der Waals surface area contributed by atoms with Crippen LogP contribution in [0.25, 0.3) is 10.8 Å². The van der Waals surface area contributed by atoms with Crippen molar-refractivity contribution in [2.75, 3.05) is 0 Å². The van der Waals surface area contributed by atoms with Crippen molar-refractivity contribution in [3.63, 3.8) is 0 Å². The molecule has 2 nitrogen and oxygen atoms in total. The van der Waals surface area contributed by atoms with Crippen molar-refractivity contribution >= 4 is 10.8 Å². The molecule has 0 spiro atoms. The van der Waals surface area contributed by atoms with Crippen LogP contribution in [-0.2, 0) is 11.4 Å². The number of hydroxylamine groups is 1. The Morgan fingerprint density at radius 3 is 2.47 bits per heavy atom. The minimum atomic E-state index is -0.162. The van der Waals surface area contributed by atoms with Gasteiger partial charge in [-0.1, -0.05) is 42.5 Å². The van der Waals surface area contributed by atoms with Crippen molar-refractivity contribution in [1.82, 2.24) is 5.48 Å². The van der Waals surface area contributed by atoms with Gasteiger partial charge in [-0.3, -0.25) is 4.84 Å². The van der Waals surface area contributed by atoms with Crippen molar-refractivity contribution in [2.45, 2.75) is 32.9 Å². The maximum Gasteiger partial charge on any atom is 0.0813 e. The third kappa shape index (κ3) is 3.29. The van der Waals surface area contributed by atoms with Gasteiger partial charge >= 0.3 is 0 Å². The standard InChI is InChI=1S/C15H19NO/c1-15(2,3)17-16-11-13-9-6-8-12-7-4-5-10-14(12)13/h4-10,16H,11H2,1-3H3. The van der Waals surface area contributed by atoms with Crippen molar-refractivity contribution in [1.29, 1.82) is 0 Å². The van der Waals surface area contributed by atoms with Crippen molar-refractivity contribution < 1.29 is 4.84 Å². The van der Waals surface area contributed by atoms with E-state index in [0.29, 0.717) is 0 Å². The molecule has 90 valence electrons. The van der Waals surface area contributed by atoms with Gasteiger partial charge in [-0.2, -0.15) is 5.48 Å². The first kappa shape index (κ1) is 12.1. The lowest BCUT2D eigenvalue weighted by atomic mass is 10.1. The fourth-order valence-corrected chi connectivity index (χ4v) is 1.78. The summed E-state index contributed by atoms with van der Waals surface area (Å²) < 4.78 is 0. The highest BCUT2D eigenvalue weighted by molar-refractivity contribution is 5.85. The number of hydrogen-bond acceptors (Lipinski definition) is 2. The summed E-state index contributed by atoms with van der Waals surface area (Å²) in [5, 5.41) is 2.54. The van der Waals surface area contributed by atoms with Gasteiger partial charge < -0.3 is 0 Å². The number of hydrogen-bond donors (Lipinski definition) is 1. The number of fused-ring (bicyclic) bond motifs is 1. The largest absolute Gasteiger partial charge is 0.296 e. The van der Waals surface area contributed by atoms with E-state index < -0.39 is 0 Å². The number of nitrogens with one attached hydrogen (secondary N) is 1. The summed E-state index contributed by atoms with van der Waals surface area (Å²) in [7, 11) is 0. The Hall–Kier alpha value is -1.38. The third-order valence-corrected chi connectivity index (χ3v) is 2.52. The first-order valence-electron chi connectivity index (χ1n) is 5.94. The molecule has 0 bridgehead atoms. The Morgan fingerprint density at radius 2 is 1.71 bits per heavy atom. The molecular weight excluding hydrogens is 210 g/mol. The van der Waals surface area contributed by atoms with E-state index in [1.165, 1.54) is 16.3 Å². The van der Waals surface area contributed by atoms with Gasteiger partial charge in [-0.25, -0.2) is 0 Å². The van der Waals surface area contributed by atoms with Crippen molar-refractivity contribution in [3.8, 4) is 0 Å². The summed E-state index contributed by atoms with van der Waals surface area (Å²) in [5.74, 6) is 0. The van der Waals surface area contributed by atoms with Gasteiger partial charge in [0.15, 0.2) is 0 Å². The molecule has 0 radical (unpaired) electrons. The fourth-order valence-electron chi connectivity index (χ4n) is 1.78.